The van der Waals surface area contributed by atoms with Crippen LogP contribution in [0, 0.1) is 0 Å². The number of nitrogens with zero attached hydrogens (tertiary/aromatic N) is 2. The number of rotatable bonds is 1. The number of hydrogen-bond donors (Lipinski definition) is 0. The maximum atomic E-state index is 2.52. The van der Waals surface area contributed by atoms with Crippen molar-refractivity contribution < 1.29 is 4.48 Å². The molecule has 60 valence electrons. The lowest BCUT2D eigenvalue weighted by Gasteiger charge is -2.38. The van der Waals surface area contributed by atoms with Gasteiger partial charge in [-0.05, 0) is 6.54 Å². The summed E-state index contributed by atoms with van der Waals surface area (Å²) >= 11 is 0. The fraction of sp³-hybridized carbons (Fsp3) is 1.00. The quantitative estimate of drug-likeness (QED) is 0.480. The summed E-state index contributed by atoms with van der Waals surface area (Å²) in [6.45, 7) is 8.65. The molecule has 1 saturated heterocycles. The van der Waals surface area contributed by atoms with Crippen LogP contribution in [0.4, 0.5) is 0 Å². The van der Waals surface area contributed by atoms with Crippen LogP contribution in [-0.4, -0.2) is 56.2 Å². The molecule has 0 bridgehead atoms. The smallest absolute Gasteiger partial charge is 0.0912 e. The van der Waals surface area contributed by atoms with E-state index >= 15 is 0 Å². The molecule has 2 heteroatoms. The summed E-state index contributed by atoms with van der Waals surface area (Å²) in [6, 6.07) is 0. The van der Waals surface area contributed by atoms with E-state index in [4.69, 9.17) is 0 Å². The Labute approximate surface area is 64.0 Å². The van der Waals surface area contributed by atoms with Crippen molar-refractivity contribution in [2.45, 2.75) is 6.92 Å². The molecular formula is C8H19N2+. The highest BCUT2D eigenvalue weighted by Gasteiger charge is 2.22. The highest BCUT2D eigenvalue weighted by atomic mass is 15.4. The highest BCUT2D eigenvalue weighted by Crippen LogP contribution is 2.04. The molecule has 10 heavy (non-hydrogen) atoms. The lowest BCUT2D eigenvalue weighted by atomic mass is 10.3. The van der Waals surface area contributed by atoms with Crippen molar-refractivity contribution in [2.75, 3.05) is 46.8 Å². The largest absolute Gasteiger partial charge is 0.326 e. The average molecular weight is 143 g/mol. The molecule has 0 aromatic heterocycles. The van der Waals surface area contributed by atoms with Crippen LogP contribution in [0.2, 0.25) is 0 Å². The van der Waals surface area contributed by atoms with Crippen LogP contribution in [0.25, 0.3) is 0 Å². The van der Waals surface area contributed by atoms with Crippen molar-refractivity contribution in [3.05, 3.63) is 0 Å². The van der Waals surface area contributed by atoms with E-state index in [1.165, 1.54) is 37.2 Å². The van der Waals surface area contributed by atoms with Gasteiger partial charge >= 0.3 is 0 Å². The zero-order valence-corrected chi connectivity index (χ0v) is 7.43. The molecule has 0 saturated carbocycles. The second-order valence-electron chi connectivity index (χ2n) is 3.82. The molecule has 1 aliphatic heterocycles. The summed E-state index contributed by atoms with van der Waals surface area (Å²) in [5.74, 6) is 0. The third-order valence-electron chi connectivity index (χ3n) is 2.49. The summed E-state index contributed by atoms with van der Waals surface area (Å²) in [4.78, 5) is 2.52. The van der Waals surface area contributed by atoms with Gasteiger partial charge < -0.3 is 4.48 Å². The van der Waals surface area contributed by atoms with E-state index in [9.17, 15) is 0 Å². The van der Waals surface area contributed by atoms with Gasteiger partial charge in [0.25, 0.3) is 0 Å². The van der Waals surface area contributed by atoms with Crippen molar-refractivity contribution >= 4 is 0 Å². The van der Waals surface area contributed by atoms with Crippen molar-refractivity contribution in [2.24, 2.45) is 0 Å². The number of likely N-dealkylation sites (N-methyl/N-ethyl adjacent to an activating group) is 2. The van der Waals surface area contributed by atoms with Gasteiger partial charge in [-0.2, -0.15) is 0 Å². The molecule has 1 aliphatic rings. The van der Waals surface area contributed by atoms with Crippen molar-refractivity contribution in [1.82, 2.24) is 4.90 Å². The first kappa shape index (κ1) is 8.02. The van der Waals surface area contributed by atoms with E-state index in [1.54, 1.807) is 0 Å². The zero-order chi connectivity index (χ0) is 7.61. The number of hydrogen-bond acceptors (Lipinski definition) is 1. The third kappa shape index (κ3) is 1.96. The van der Waals surface area contributed by atoms with Gasteiger partial charge in [-0.15, -0.1) is 0 Å². The Morgan fingerprint density at radius 1 is 1.20 bits per heavy atom. The van der Waals surface area contributed by atoms with Gasteiger partial charge in [0.15, 0.2) is 0 Å². The molecule has 1 rings (SSSR count). The number of quaternary nitrogens is 1. The summed E-state index contributed by atoms with van der Waals surface area (Å²) in [5.41, 5.74) is 0. The second-order valence-corrected chi connectivity index (χ2v) is 3.82. The predicted molar refractivity (Wildman–Crippen MR) is 44.0 cm³/mol. The molecule has 0 spiro atoms. The van der Waals surface area contributed by atoms with Gasteiger partial charge in [0.1, 0.15) is 0 Å². The second kappa shape index (κ2) is 2.89. The monoisotopic (exact) mass is 143 g/mol. The first-order valence-corrected chi connectivity index (χ1v) is 4.18. The molecule has 0 amide bonds. The van der Waals surface area contributed by atoms with Gasteiger partial charge in [-0.25, -0.2) is 0 Å². The first-order chi connectivity index (χ1) is 4.64. The minimum atomic E-state index is 1.20. The van der Waals surface area contributed by atoms with Gasteiger partial charge in [0, 0.05) is 13.1 Å². The van der Waals surface area contributed by atoms with Crippen LogP contribution in [-0.2, 0) is 0 Å². The molecule has 0 aromatic rings. The third-order valence-corrected chi connectivity index (χ3v) is 2.49. The molecule has 0 radical (unpaired) electrons. The maximum absolute atomic E-state index is 2.52. The Bertz CT molecular complexity index is 99.8. The van der Waals surface area contributed by atoms with E-state index in [1.807, 2.05) is 0 Å². The van der Waals surface area contributed by atoms with Crippen LogP contribution in [0.1, 0.15) is 6.92 Å². The Morgan fingerprint density at radius 2 is 1.70 bits per heavy atom. The molecule has 1 heterocycles. The Kier molecular flexibility index (Phi) is 2.32. The molecule has 1 fully saturated rings. The molecule has 0 aromatic carbocycles. The van der Waals surface area contributed by atoms with E-state index in [0.717, 1.165) is 0 Å². The summed E-state index contributed by atoms with van der Waals surface area (Å²) in [5, 5.41) is 0. The topological polar surface area (TPSA) is 3.24 Å². The molecule has 2 nitrogen and oxygen atoms in total. The normalized spacial score (nSPS) is 26.7. The Balaban J connectivity index is 2.31. The van der Waals surface area contributed by atoms with Crippen LogP contribution in [0.15, 0.2) is 0 Å². The standard InChI is InChI=1S/C8H19N2/c1-4-9-5-7-10(2,3)8-6-9/h4-8H2,1-3H3/q+1. The van der Waals surface area contributed by atoms with Gasteiger partial charge in [0.2, 0.25) is 0 Å². The minimum absolute atomic E-state index is 1.20. The van der Waals surface area contributed by atoms with E-state index in [2.05, 4.69) is 25.9 Å². The van der Waals surface area contributed by atoms with Crippen LogP contribution >= 0.6 is 0 Å². The number of piperazine rings is 1. The van der Waals surface area contributed by atoms with Crippen LogP contribution < -0.4 is 0 Å². The lowest BCUT2D eigenvalue weighted by Crippen LogP contribution is -2.54. The van der Waals surface area contributed by atoms with Crippen LogP contribution in [0.3, 0.4) is 0 Å². The fourth-order valence-corrected chi connectivity index (χ4v) is 1.36. The van der Waals surface area contributed by atoms with Gasteiger partial charge in [0.05, 0.1) is 27.2 Å². The van der Waals surface area contributed by atoms with Crippen molar-refractivity contribution in [3.63, 3.8) is 0 Å². The lowest BCUT2D eigenvalue weighted by molar-refractivity contribution is -0.894. The first-order valence-electron chi connectivity index (χ1n) is 4.18. The summed E-state index contributed by atoms with van der Waals surface area (Å²) < 4.78 is 1.20. The molecule has 0 unspecified atom stereocenters. The average Bonchev–Trinajstić information content (AvgIpc) is 1.88. The molecule has 0 aliphatic carbocycles. The summed E-state index contributed by atoms with van der Waals surface area (Å²) in [6.07, 6.45) is 0. The summed E-state index contributed by atoms with van der Waals surface area (Å²) in [7, 11) is 4.62. The van der Waals surface area contributed by atoms with Crippen molar-refractivity contribution in [3.8, 4) is 0 Å². The minimum Gasteiger partial charge on any atom is -0.326 e. The molecule has 0 atom stereocenters. The SMILES string of the molecule is CCN1CC[N+](C)(C)CC1. The maximum Gasteiger partial charge on any atom is 0.0912 e. The van der Waals surface area contributed by atoms with E-state index in [0.29, 0.717) is 0 Å². The van der Waals surface area contributed by atoms with E-state index in [-0.39, 0.29) is 0 Å². The highest BCUT2D eigenvalue weighted by molar-refractivity contribution is 4.59. The van der Waals surface area contributed by atoms with Gasteiger partial charge in [-0.1, -0.05) is 6.92 Å². The Hall–Kier alpha value is -0.0800. The van der Waals surface area contributed by atoms with Gasteiger partial charge in [-0.3, -0.25) is 4.90 Å². The predicted octanol–water partition coefficient (Wildman–Crippen LogP) is 0.398. The van der Waals surface area contributed by atoms with Crippen molar-refractivity contribution in [1.29, 1.82) is 0 Å². The molecule has 0 N–H and O–H groups in total. The zero-order valence-electron chi connectivity index (χ0n) is 7.43. The van der Waals surface area contributed by atoms with Crippen LogP contribution in [0.5, 0.6) is 0 Å². The molecular weight excluding hydrogens is 124 g/mol. The fourth-order valence-electron chi connectivity index (χ4n) is 1.36. The van der Waals surface area contributed by atoms with E-state index < -0.39 is 0 Å². The Morgan fingerprint density at radius 3 is 2.10 bits per heavy atom.